The second-order valence-electron chi connectivity index (χ2n) is 6.80. The number of hydrogen-bond donors (Lipinski definition) is 0. The maximum atomic E-state index is 12.3. The number of aryl methyl sites for hydroxylation is 3. The second-order valence-corrected chi connectivity index (χ2v) is 6.80. The lowest BCUT2D eigenvalue weighted by Crippen LogP contribution is -2.06. The average molecular weight is 339 g/mol. The molecule has 0 N–H and O–H groups in total. The number of carbonyl (C=O) groups is 1. The number of carbonyl (C=O) groups excluding carboxylic acids is 1. The van der Waals surface area contributed by atoms with Crippen LogP contribution in [0.15, 0.2) is 65.3 Å². The van der Waals surface area contributed by atoms with Crippen molar-refractivity contribution in [2.24, 2.45) is 4.99 Å². The van der Waals surface area contributed by atoms with Gasteiger partial charge >= 0.3 is 5.97 Å². The highest BCUT2D eigenvalue weighted by Gasteiger charge is 2.26. The zero-order valence-corrected chi connectivity index (χ0v) is 14.5. The molecule has 1 heterocycles. The summed E-state index contributed by atoms with van der Waals surface area (Å²) in [5, 5.41) is 2.59. The highest BCUT2D eigenvalue weighted by Crippen LogP contribution is 2.34. The number of hydrogen-bond acceptors (Lipinski definition) is 3. The fourth-order valence-electron chi connectivity index (χ4n) is 3.91. The molecule has 0 spiro atoms. The molecule has 26 heavy (non-hydrogen) atoms. The molecule has 0 fully saturated rings. The number of rotatable bonds is 2. The van der Waals surface area contributed by atoms with Gasteiger partial charge < -0.3 is 4.74 Å². The minimum Gasteiger partial charge on any atom is -0.402 e. The summed E-state index contributed by atoms with van der Waals surface area (Å²) in [6, 6.07) is 18.4. The zero-order chi connectivity index (χ0) is 17.7. The van der Waals surface area contributed by atoms with Gasteiger partial charge in [-0.25, -0.2) is 9.79 Å². The standard InChI is InChI=1S/C23H17NO2/c1-14-5-2-3-8-18(14)22-24-20(23(25)26-22)13-17-10-9-15-6-4-7-16-11-12-19(17)21(15)16/h2-10,13H,11-12H2,1H3/b20-13-. The van der Waals surface area contributed by atoms with Crippen molar-refractivity contribution in [3.8, 4) is 0 Å². The first-order valence-corrected chi connectivity index (χ1v) is 8.83. The highest BCUT2D eigenvalue weighted by molar-refractivity contribution is 6.13. The average Bonchev–Trinajstić information content (AvgIpc) is 3.23. The van der Waals surface area contributed by atoms with Crippen LogP contribution in [-0.4, -0.2) is 11.9 Å². The molecule has 3 nitrogen and oxygen atoms in total. The van der Waals surface area contributed by atoms with Crippen LogP contribution in [0, 0.1) is 6.92 Å². The second kappa shape index (κ2) is 5.67. The Morgan fingerprint density at radius 3 is 2.77 bits per heavy atom. The topological polar surface area (TPSA) is 38.7 Å². The van der Waals surface area contributed by atoms with Crippen LogP contribution in [0.2, 0.25) is 0 Å². The van der Waals surface area contributed by atoms with Crippen LogP contribution in [0.25, 0.3) is 16.8 Å². The molecule has 1 aliphatic heterocycles. The lowest BCUT2D eigenvalue weighted by Gasteiger charge is -2.05. The quantitative estimate of drug-likeness (QED) is 0.506. The van der Waals surface area contributed by atoms with Gasteiger partial charge in [0.1, 0.15) is 0 Å². The van der Waals surface area contributed by atoms with Gasteiger partial charge in [-0.05, 0) is 64.9 Å². The Hall–Kier alpha value is -3.20. The molecular formula is C23H17NO2. The van der Waals surface area contributed by atoms with Crippen molar-refractivity contribution in [1.82, 2.24) is 0 Å². The van der Waals surface area contributed by atoms with Gasteiger partial charge in [0, 0.05) is 5.56 Å². The fourth-order valence-corrected chi connectivity index (χ4v) is 3.91. The van der Waals surface area contributed by atoms with Crippen LogP contribution in [0.3, 0.4) is 0 Å². The molecule has 1 aliphatic carbocycles. The third-order valence-electron chi connectivity index (χ3n) is 5.21. The zero-order valence-electron chi connectivity index (χ0n) is 14.5. The minimum atomic E-state index is -0.387. The molecule has 0 radical (unpaired) electrons. The summed E-state index contributed by atoms with van der Waals surface area (Å²) in [5.41, 5.74) is 6.00. The van der Waals surface area contributed by atoms with Crippen molar-refractivity contribution in [2.75, 3.05) is 0 Å². The number of cyclic esters (lactones) is 1. The van der Waals surface area contributed by atoms with E-state index in [9.17, 15) is 4.79 Å². The van der Waals surface area contributed by atoms with Crippen LogP contribution < -0.4 is 0 Å². The summed E-state index contributed by atoms with van der Waals surface area (Å²) in [6.07, 6.45) is 3.92. The first-order valence-electron chi connectivity index (χ1n) is 8.83. The van der Waals surface area contributed by atoms with Gasteiger partial charge in [-0.3, -0.25) is 0 Å². The highest BCUT2D eigenvalue weighted by atomic mass is 16.6. The summed E-state index contributed by atoms with van der Waals surface area (Å²) in [7, 11) is 0. The molecule has 0 saturated heterocycles. The van der Waals surface area contributed by atoms with Gasteiger partial charge in [-0.1, -0.05) is 48.5 Å². The van der Waals surface area contributed by atoms with Crippen LogP contribution in [-0.2, 0) is 22.4 Å². The van der Waals surface area contributed by atoms with E-state index >= 15 is 0 Å². The molecule has 0 bridgehead atoms. The van der Waals surface area contributed by atoms with Crippen LogP contribution in [0.5, 0.6) is 0 Å². The molecule has 3 aromatic rings. The lowest BCUT2D eigenvalue weighted by atomic mass is 9.99. The van der Waals surface area contributed by atoms with Crippen molar-refractivity contribution in [1.29, 1.82) is 0 Å². The maximum absolute atomic E-state index is 12.3. The molecule has 0 atom stereocenters. The smallest absolute Gasteiger partial charge is 0.363 e. The Labute approximate surface area is 151 Å². The molecule has 2 aliphatic rings. The number of benzene rings is 3. The Morgan fingerprint density at radius 1 is 1.00 bits per heavy atom. The molecule has 3 aromatic carbocycles. The van der Waals surface area contributed by atoms with E-state index in [1.165, 1.54) is 21.9 Å². The van der Waals surface area contributed by atoms with E-state index in [1.807, 2.05) is 37.3 Å². The predicted octanol–water partition coefficient (Wildman–Crippen LogP) is 4.59. The Morgan fingerprint density at radius 2 is 1.88 bits per heavy atom. The van der Waals surface area contributed by atoms with E-state index in [0.717, 1.165) is 29.5 Å². The third kappa shape index (κ3) is 2.28. The van der Waals surface area contributed by atoms with E-state index in [2.05, 4.69) is 35.3 Å². The normalized spacial score (nSPS) is 17.0. The van der Waals surface area contributed by atoms with E-state index in [4.69, 9.17) is 4.74 Å². The molecule has 0 unspecified atom stereocenters. The van der Waals surface area contributed by atoms with Gasteiger partial charge in [-0.15, -0.1) is 0 Å². The van der Waals surface area contributed by atoms with Crippen molar-refractivity contribution in [3.63, 3.8) is 0 Å². The van der Waals surface area contributed by atoms with Gasteiger partial charge in [-0.2, -0.15) is 0 Å². The summed E-state index contributed by atoms with van der Waals surface area (Å²) in [5.74, 6) is -0.000850. The number of nitrogens with zero attached hydrogens (tertiary/aromatic N) is 1. The SMILES string of the molecule is Cc1ccccc1C1=N/C(=C\c2ccc3cccc4c3c2CC4)C(=O)O1. The molecule has 0 saturated carbocycles. The molecule has 126 valence electrons. The monoisotopic (exact) mass is 339 g/mol. The van der Waals surface area contributed by atoms with E-state index in [1.54, 1.807) is 0 Å². The molecule has 0 aromatic heterocycles. The Balaban J connectivity index is 1.61. The van der Waals surface area contributed by atoms with Gasteiger partial charge in [0.25, 0.3) is 0 Å². The number of esters is 1. The maximum Gasteiger partial charge on any atom is 0.363 e. The summed E-state index contributed by atoms with van der Waals surface area (Å²) in [6.45, 7) is 1.98. The van der Waals surface area contributed by atoms with Crippen LogP contribution in [0.4, 0.5) is 0 Å². The molecule has 3 heteroatoms. The minimum absolute atomic E-state index is 0.364. The number of ether oxygens (including phenoxy) is 1. The van der Waals surface area contributed by atoms with Gasteiger partial charge in [0.2, 0.25) is 5.90 Å². The predicted molar refractivity (Wildman–Crippen MR) is 103 cm³/mol. The Bertz CT molecular complexity index is 1140. The van der Waals surface area contributed by atoms with E-state index < -0.39 is 0 Å². The van der Waals surface area contributed by atoms with Crippen LogP contribution in [0.1, 0.15) is 27.8 Å². The van der Waals surface area contributed by atoms with Gasteiger partial charge in [0.05, 0.1) is 0 Å². The lowest BCUT2D eigenvalue weighted by molar-refractivity contribution is -0.129. The molecule has 0 amide bonds. The van der Waals surface area contributed by atoms with Crippen molar-refractivity contribution in [2.45, 2.75) is 19.8 Å². The number of aliphatic imine (C=N–C) groups is 1. The van der Waals surface area contributed by atoms with Crippen LogP contribution >= 0.6 is 0 Å². The summed E-state index contributed by atoms with van der Waals surface area (Å²) >= 11 is 0. The first-order chi connectivity index (χ1) is 12.7. The summed E-state index contributed by atoms with van der Waals surface area (Å²) < 4.78 is 5.43. The summed E-state index contributed by atoms with van der Waals surface area (Å²) in [4.78, 5) is 16.8. The van der Waals surface area contributed by atoms with E-state index in [-0.39, 0.29) is 5.97 Å². The van der Waals surface area contributed by atoms with E-state index in [0.29, 0.717) is 11.6 Å². The third-order valence-corrected chi connectivity index (χ3v) is 5.21. The molecule has 5 rings (SSSR count). The molecular weight excluding hydrogens is 322 g/mol. The van der Waals surface area contributed by atoms with Crippen molar-refractivity contribution < 1.29 is 9.53 Å². The fraction of sp³-hybridized carbons (Fsp3) is 0.130. The first kappa shape index (κ1) is 15.1. The Kier molecular flexibility index (Phi) is 3.29. The van der Waals surface area contributed by atoms with Crippen molar-refractivity contribution >= 4 is 28.7 Å². The van der Waals surface area contributed by atoms with Crippen molar-refractivity contribution in [3.05, 3.63) is 88.1 Å². The largest absolute Gasteiger partial charge is 0.402 e. The van der Waals surface area contributed by atoms with Gasteiger partial charge in [0.15, 0.2) is 5.70 Å².